The van der Waals surface area contributed by atoms with Crippen molar-refractivity contribution >= 4 is 43.6 Å². The fourth-order valence-corrected chi connectivity index (χ4v) is 4.92. The van der Waals surface area contributed by atoms with Crippen LogP contribution in [0.5, 0.6) is 0 Å². The largest absolute Gasteiger partial charge is 0.379 e. The Morgan fingerprint density at radius 1 is 1.18 bits per heavy atom. The predicted molar refractivity (Wildman–Crippen MR) is 113 cm³/mol. The fourth-order valence-electron chi connectivity index (χ4n) is 2.84. The first-order valence-electron chi connectivity index (χ1n) is 8.80. The molecule has 1 saturated heterocycles. The molecule has 1 heterocycles. The molecule has 2 aromatic carbocycles. The molecule has 1 aliphatic heterocycles. The van der Waals surface area contributed by atoms with E-state index in [-0.39, 0.29) is 10.8 Å². The van der Waals surface area contributed by atoms with Crippen LogP contribution in [0, 0.1) is 6.92 Å². The third-order valence-electron chi connectivity index (χ3n) is 4.36. The number of carbonyl (C=O) groups excluding carboxylic acids is 1. The Hall–Kier alpha value is -2.00. The van der Waals surface area contributed by atoms with Crippen molar-refractivity contribution in [2.24, 2.45) is 0 Å². The number of hydrogen-bond donors (Lipinski definition) is 1. The Labute approximate surface area is 173 Å². The summed E-state index contributed by atoms with van der Waals surface area (Å²) in [6, 6.07) is 12.4. The second-order valence-electron chi connectivity index (χ2n) is 6.34. The highest BCUT2D eigenvalue weighted by Gasteiger charge is 2.28. The molecule has 6 nitrogen and oxygen atoms in total. The normalized spacial score (nSPS) is 15.6. The highest BCUT2D eigenvalue weighted by molar-refractivity contribution is 9.10. The Balaban J connectivity index is 1.77. The van der Waals surface area contributed by atoms with Gasteiger partial charge >= 0.3 is 0 Å². The number of amides is 1. The molecule has 148 valence electrons. The summed E-state index contributed by atoms with van der Waals surface area (Å²) < 4.78 is 33.4. The number of halogens is 1. The van der Waals surface area contributed by atoms with E-state index in [1.165, 1.54) is 16.4 Å². The van der Waals surface area contributed by atoms with Crippen LogP contribution in [-0.4, -0.2) is 44.9 Å². The fraction of sp³-hybridized carbons (Fsp3) is 0.250. The van der Waals surface area contributed by atoms with Crippen molar-refractivity contribution in [1.29, 1.82) is 0 Å². The van der Waals surface area contributed by atoms with Crippen molar-refractivity contribution in [3.8, 4) is 0 Å². The Morgan fingerprint density at radius 3 is 2.61 bits per heavy atom. The summed E-state index contributed by atoms with van der Waals surface area (Å²) in [5.74, 6) is -0.339. The highest BCUT2D eigenvalue weighted by atomic mass is 79.9. The summed E-state index contributed by atoms with van der Waals surface area (Å²) in [4.78, 5) is 12.5. The van der Waals surface area contributed by atoms with Crippen LogP contribution >= 0.6 is 15.9 Å². The molecule has 3 rings (SSSR count). The lowest BCUT2D eigenvalue weighted by atomic mass is 10.2. The van der Waals surface area contributed by atoms with Gasteiger partial charge in [0.05, 0.1) is 18.1 Å². The second-order valence-corrected chi connectivity index (χ2v) is 9.10. The van der Waals surface area contributed by atoms with Crippen LogP contribution in [0.25, 0.3) is 6.08 Å². The molecule has 1 N–H and O–H groups in total. The van der Waals surface area contributed by atoms with Gasteiger partial charge in [0.25, 0.3) is 0 Å². The number of benzene rings is 2. The number of sulfonamides is 1. The van der Waals surface area contributed by atoms with Gasteiger partial charge in [-0.15, -0.1) is 0 Å². The molecule has 8 heteroatoms. The first-order chi connectivity index (χ1) is 13.4. The van der Waals surface area contributed by atoms with Crippen molar-refractivity contribution in [2.75, 3.05) is 31.6 Å². The van der Waals surface area contributed by atoms with E-state index in [1.54, 1.807) is 25.1 Å². The molecule has 28 heavy (non-hydrogen) atoms. The topological polar surface area (TPSA) is 75.7 Å². The summed E-state index contributed by atoms with van der Waals surface area (Å²) in [5.41, 5.74) is 1.93. The summed E-state index contributed by atoms with van der Waals surface area (Å²) >= 11 is 3.43. The lowest BCUT2D eigenvalue weighted by Crippen LogP contribution is -2.40. The van der Waals surface area contributed by atoms with Gasteiger partial charge in [0.15, 0.2) is 0 Å². The third-order valence-corrected chi connectivity index (χ3v) is 7.13. The van der Waals surface area contributed by atoms with Crippen LogP contribution in [0.2, 0.25) is 0 Å². The molecule has 0 saturated carbocycles. The standard InChI is InChI=1S/C20H21BrN2O4S/c1-15-6-8-17(14-19(15)28(25,26)23-10-12-27-13-11-23)22-20(24)9-7-16-4-2-3-5-18(16)21/h2-9,14H,10-13H2,1H3,(H,22,24)/b9-7+. The average molecular weight is 465 g/mol. The molecular formula is C20H21BrN2O4S. The van der Waals surface area contributed by atoms with Crippen LogP contribution in [0.1, 0.15) is 11.1 Å². The van der Waals surface area contributed by atoms with Crippen molar-refractivity contribution in [1.82, 2.24) is 4.31 Å². The number of morpholine rings is 1. The third kappa shape index (κ3) is 4.88. The maximum atomic E-state index is 12.9. The van der Waals surface area contributed by atoms with E-state index in [0.717, 1.165) is 10.0 Å². The number of aryl methyl sites for hydroxylation is 1. The van der Waals surface area contributed by atoms with Crippen LogP contribution in [0.4, 0.5) is 5.69 Å². The molecule has 0 radical (unpaired) electrons. The Bertz CT molecular complexity index is 999. The number of anilines is 1. The van der Waals surface area contributed by atoms with E-state index in [1.807, 2.05) is 24.3 Å². The molecule has 0 unspecified atom stereocenters. The second kappa shape index (κ2) is 9.00. The van der Waals surface area contributed by atoms with Crippen LogP contribution < -0.4 is 5.32 Å². The van der Waals surface area contributed by atoms with Crippen LogP contribution in [0.15, 0.2) is 57.9 Å². The van der Waals surface area contributed by atoms with Gasteiger partial charge in [-0.1, -0.05) is 40.2 Å². The predicted octanol–water partition coefficient (Wildman–Crippen LogP) is 3.43. The SMILES string of the molecule is Cc1ccc(NC(=O)/C=C/c2ccccc2Br)cc1S(=O)(=O)N1CCOCC1. The molecule has 1 fully saturated rings. The van der Waals surface area contributed by atoms with Crippen molar-refractivity contribution in [3.05, 3.63) is 64.1 Å². The van der Waals surface area contributed by atoms with Gasteiger partial charge in [-0.25, -0.2) is 8.42 Å². The van der Waals surface area contributed by atoms with Gasteiger partial charge in [0.1, 0.15) is 0 Å². The minimum atomic E-state index is -3.63. The number of nitrogens with one attached hydrogen (secondary N) is 1. The smallest absolute Gasteiger partial charge is 0.248 e. The van der Waals surface area contributed by atoms with Gasteiger partial charge < -0.3 is 10.1 Å². The van der Waals surface area contributed by atoms with Crippen molar-refractivity contribution < 1.29 is 17.9 Å². The van der Waals surface area contributed by atoms with E-state index in [9.17, 15) is 13.2 Å². The number of carbonyl (C=O) groups is 1. The molecule has 1 aliphatic rings. The summed E-state index contributed by atoms with van der Waals surface area (Å²) in [7, 11) is -3.63. The first kappa shape index (κ1) is 20.7. The zero-order chi connectivity index (χ0) is 20.1. The minimum Gasteiger partial charge on any atom is -0.379 e. The lowest BCUT2D eigenvalue weighted by molar-refractivity contribution is -0.111. The van der Waals surface area contributed by atoms with E-state index < -0.39 is 10.0 Å². The zero-order valence-electron chi connectivity index (χ0n) is 15.4. The molecule has 2 aromatic rings. The van der Waals surface area contributed by atoms with Crippen molar-refractivity contribution in [2.45, 2.75) is 11.8 Å². The highest BCUT2D eigenvalue weighted by Crippen LogP contribution is 2.24. The Morgan fingerprint density at radius 2 is 1.89 bits per heavy atom. The van der Waals surface area contributed by atoms with E-state index in [0.29, 0.717) is 37.6 Å². The average Bonchev–Trinajstić information content (AvgIpc) is 2.69. The minimum absolute atomic E-state index is 0.196. The summed E-state index contributed by atoms with van der Waals surface area (Å²) in [6.45, 7) is 3.16. The Kier molecular flexibility index (Phi) is 6.66. The van der Waals surface area contributed by atoms with Gasteiger partial charge in [-0.05, 0) is 42.3 Å². The molecule has 0 atom stereocenters. The molecule has 1 amide bonds. The first-order valence-corrected chi connectivity index (χ1v) is 11.0. The number of ether oxygens (including phenoxy) is 1. The quantitative estimate of drug-likeness (QED) is 0.687. The van der Waals surface area contributed by atoms with Crippen LogP contribution in [0.3, 0.4) is 0 Å². The van der Waals surface area contributed by atoms with Gasteiger partial charge in [-0.3, -0.25) is 4.79 Å². The van der Waals surface area contributed by atoms with E-state index in [2.05, 4.69) is 21.2 Å². The van der Waals surface area contributed by atoms with Gasteiger partial charge in [0, 0.05) is 29.3 Å². The molecule has 0 bridgehead atoms. The van der Waals surface area contributed by atoms with Gasteiger partial charge in [-0.2, -0.15) is 4.31 Å². The maximum Gasteiger partial charge on any atom is 0.248 e. The van der Waals surface area contributed by atoms with Crippen LogP contribution in [-0.2, 0) is 19.6 Å². The molecule has 0 aliphatic carbocycles. The number of hydrogen-bond acceptors (Lipinski definition) is 4. The van der Waals surface area contributed by atoms with Gasteiger partial charge in [0.2, 0.25) is 15.9 Å². The molecule has 0 spiro atoms. The molecular weight excluding hydrogens is 444 g/mol. The van der Waals surface area contributed by atoms with Crippen molar-refractivity contribution in [3.63, 3.8) is 0 Å². The number of nitrogens with zero attached hydrogens (tertiary/aromatic N) is 1. The monoisotopic (exact) mass is 464 g/mol. The lowest BCUT2D eigenvalue weighted by Gasteiger charge is -2.26. The summed E-state index contributed by atoms with van der Waals surface area (Å²) in [5, 5.41) is 2.73. The zero-order valence-corrected chi connectivity index (χ0v) is 17.8. The number of rotatable bonds is 5. The maximum absolute atomic E-state index is 12.9. The summed E-state index contributed by atoms with van der Waals surface area (Å²) in [6.07, 6.45) is 3.11. The molecule has 0 aromatic heterocycles. The van der Waals surface area contributed by atoms with E-state index >= 15 is 0 Å². The van der Waals surface area contributed by atoms with E-state index in [4.69, 9.17) is 4.74 Å².